The molecule has 24 heavy (non-hydrogen) atoms. The maximum absolute atomic E-state index is 11.5. The van der Waals surface area contributed by atoms with Crippen LogP contribution >= 0.6 is 0 Å². The fraction of sp³-hybridized carbons (Fsp3) is 0.524. The van der Waals surface area contributed by atoms with Crippen molar-refractivity contribution in [2.24, 2.45) is 28.3 Å². The zero-order valence-electron chi connectivity index (χ0n) is 14.0. The maximum atomic E-state index is 11.5. The van der Waals surface area contributed by atoms with Crippen LogP contribution in [0.3, 0.4) is 0 Å². The van der Waals surface area contributed by atoms with Gasteiger partial charge in [-0.3, -0.25) is 0 Å². The maximum Gasteiger partial charge on any atom is 0.138 e. The third-order valence-corrected chi connectivity index (χ3v) is 6.81. The van der Waals surface area contributed by atoms with Gasteiger partial charge in [-0.15, -0.1) is 4.91 Å². The quantitative estimate of drug-likeness (QED) is 0.716. The first-order chi connectivity index (χ1) is 11.7. The van der Waals surface area contributed by atoms with E-state index in [-0.39, 0.29) is 0 Å². The molecule has 3 heteroatoms. The fourth-order valence-electron chi connectivity index (χ4n) is 6.29. The van der Waals surface area contributed by atoms with Crippen LogP contribution in [0.15, 0.2) is 41.6 Å². The van der Waals surface area contributed by atoms with Crippen molar-refractivity contribution in [1.29, 1.82) is 0 Å². The molecule has 4 aliphatic carbocycles. The zero-order valence-corrected chi connectivity index (χ0v) is 14.0. The Balaban J connectivity index is 1.42. The number of fused-ring (bicyclic) bond motifs is 1. The van der Waals surface area contributed by atoms with Crippen LogP contribution in [0.25, 0.3) is 10.8 Å². The van der Waals surface area contributed by atoms with Gasteiger partial charge in [0.25, 0.3) is 0 Å². The van der Waals surface area contributed by atoms with Crippen LogP contribution in [0.2, 0.25) is 0 Å². The minimum absolute atomic E-state index is 0.459. The lowest BCUT2D eigenvalue weighted by Crippen LogP contribution is -2.49. The van der Waals surface area contributed by atoms with Gasteiger partial charge in [-0.1, -0.05) is 30.3 Å². The van der Waals surface area contributed by atoms with Gasteiger partial charge in [-0.05, 0) is 78.3 Å². The van der Waals surface area contributed by atoms with Crippen molar-refractivity contribution < 1.29 is 0 Å². The molecule has 2 aromatic rings. The van der Waals surface area contributed by atoms with E-state index < -0.39 is 0 Å². The predicted molar refractivity (Wildman–Crippen MR) is 98.5 cm³/mol. The Morgan fingerprint density at radius 3 is 2.29 bits per heavy atom. The van der Waals surface area contributed by atoms with Crippen molar-refractivity contribution in [3.63, 3.8) is 0 Å². The highest BCUT2D eigenvalue weighted by molar-refractivity contribution is 5.98. The zero-order chi connectivity index (χ0) is 16.1. The molecule has 4 bridgehead atoms. The largest absolute Gasteiger partial charge is 0.383 e. The second-order valence-electron chi connectivity index (χ2n) is 8.55. The summed E-state index contributed by atoms with van der Waals surface area (Å²) in [6.07, 6.45) is 8.54. The van der Waals surface area contributed by atoms with Gasteiger partial charge in [-0.2, -0.15) is 0 Å². The lowest BCUT2D eigenvalue weighted by molar-refractivity contribution is -0.0444. The number of nitrogens with one attached hydrogen (secondary N) is 1. The van der Waals surface area contributed by atoms with Crippen LogP contribution in [-0.4, -0.2) is 6.54 Å². The Labute approximate surface area is 142 Å². The smallest absolute Gasteiger partial charge is 0.138 e. The summed E-state index contributed by atoms with van der Waals surface area (Å²) < 4.78 is 0. The van der Waals surface area contributed by atoms with E-state index in [4.69, 9.17) is 0 Å². The van der Waals surface area contributed by atoms with E-state index in [9.17, 15) is 4.91 Å². The van der Waals surface area contributed by atoms with Crippen molar-refractivity contribution >= 4 is 22.1 Å². The van der Waals surface area contributed by atoms with Crippen LogP contribution in [0.1, 0.15) is 38.5 Å². The molecule has 4 fully saturated rings. The second-order valence-corrected chi connectivity index (χ2v) is 8.55. The highest BCUT2D eigenvalue weighted by Crippen LogP contribution is 2.60. The van der Waals surface area contributed by atoms with Gasteiger partial charge in [0.2, 0.25) is 0 Å². The summed E-state index contributed by atoms with van der Waals surface area (Å²) in [6, 6.07) is 12.1. The summed E-state index contributed by atoms with van der Waals surface area (Å²) in [7, 11) is 0. The highest BCUT2D eigenvalue weighted by atomic mass is 16.3. The van der Waals surface area contributed by atoms with E-state index in [1.807, 2.05) is 30.3 Å². The van der Waals surface area contributed by atoms with E-state index in [1.165, 1.54) is 38.5 Å². The van der Waals surface area contributed by atoms with Crippen molar-refractivity contribution in [2.75, 3.05) is 11.9 Å². The van der Waals surface area contributed by atoms with Gasteiger partial charge in [-0.25, -0.2) is 0 Å². The first-order valence-corrected chi connectivity index (χ1v) is 9.34. The van der Waals surface area contributed by atoms with Crippen molar-refractivity contribution in [2.45, 2.75) is 38.5 Å². The van der Waals surface area contributed by atoms with Gasteiger partial charge in [0.15, 0.2) is 0 Å². The minimum Gasteiger partial charge on any atom is -0.383 e. The second kappa shape index (κ2) is 5.30. The molecular formula is C21H24N2O. The van der Waals surface area contributed by atoms with Crippen molar-refractivity contribution in [3.05, 3.63) is 41.3 Å². The normalized spacial score (nSPS) is 33.8. The van der Waals surface area contributed by atoms with E-state index in [1.54, 1.807) is 0 Å². The van der Waals surface area contributed by atoms with Crippen LogP contribution in [0, 0.1) is 28.1 Å². The fourth-order valence-corrected chi connectivity index (χ4v) is 6.29. The molecule has 0 unspecified atom stereocenters. The van der Waals surface area contributed by atoms with Crippen LogP contribution in [0.5, 0.6) is 0 Å². The van der Waals surface area contributed by atoms with E-state index in [2.05, 4.69) is 16.6 Å². The van der Waals surface area contributed by atoms with Gasteiger partial charge >= 0.3 is 0 Å². The first-order valence-electron chi connectivity index (χ1n) is 9.34. The number of nitrogens with zero attached hydrogens (tertiary/aromatic N) is 1. The molecule has 2 aromatic carbocycles. The molecular weight excluding hydrogens is 296 g/mol. The Kier molecular flexibility index (Phi) is 3.19. The number of benzene rings is 2. The molecule has 4 aliphatic rings. The Bertz CT molecular complexity index is 762. The summed E-state index contributed by atoms with van der Waals surface area (Å²) in [5, 5.41) is 8.99. The monoisotopic (exact) mass is 320 g/mol. The Morgan fingerprint density at radius 1 is 0.958 bits per heavy atom. The van der Waals surface area contributed by atoms with Crippen LogP contribution in [0.4, 0.5) is 11.4 Å². The molecule has 0 heterocycles. The third kappa shape index (κ3) is 2.25. The van der Waals surface area contributed by atoms with Crippen molar-refractivity contribution in [1.82, 2.24) is 0 Å². The van der Waals surface area contributed by atoms with Gasteiger partial charge in [0.05, 0.1) is 5.69 Å². The molecule has 1 N–H and O–H groups in total. The molecule has 0 aromatic heterocycles. The standard InChI is InChI=1S/C21H24N2O/c24-23-20-18-4-2-1-3-17(18)5-6-19(20)22-13-21-10-14-7-15(11-21)9-16(8-14)12-21/h1-6,14-16,22H,7-13H2. The summed E-state index contributed by atoms with van der Waals surface area (Å²) in [5.41, 5.74) is 1.93. The third-order valence-electron chi connectivity index (χ3n) is 6.81. The summed E-state index contributed by atoms with van der Waals surface area (Å²) >= 11 is 0. The lowest BCUT2D eigenvalue weighted by Gasteiger charge is -2.57. The molecule has 3 nitrogen and oxygen atoms in total. The molecule has 0 radical (unpaired) electrons. The van der Waals surface area contributed by atoms with Gasteiger partial charge in [0, 0.05) is 11.9 Å². The van der Waals surface area contributed by atoms with Gasteiger partial charge < -0.3 is 5.32 Å². The molecule has 6 rings (SSSR count). The summed E-state index contributed by atoms with van der Waals surface area (Å²) in [5.74, 6) is 2.87. The Hall–Kier alpha value is -1.90. The average molecular weight is 320 g/mol. The molecule has 0 saturated heterocycles. The Morgan fingerprint density at radius 2 is 1.62 bits per heavy atom. The number of hydrogen-bond donors (Lipinski definition) is 1. The van der Waals surface area contributed by atoms with Crippen LogP contribution < -0.4 is 5.32 Å². The van der Waals surface area contributed by atoms with E-state index >= 15 is 0 Å². The predicted octanol–water partition coefficient (Wildman–Crippen LogP) is 5.87. The molecule has 0 atom stereocenters. The molecule has 124 valence electrons. The molecule has 0 amide bonds. The molecule has 4 saturated carbocycles. The summed E-state index contributed by atoms with van der Waals surface area (Å²) in [6.45, 7) is 0.997. The lowest BCUT2D eigenvalue weighted by atomic mass is 9.49. The first kappa shape index (κ1) is 14.4. The average Bonchev–Trinajstić information content (AvgIpc) is 2.58. The van der Waals surface area contributed by atoms with E-state index in [0.29, 0.717) is 11.1 Å². The van der Waals surface area contributed by atoms with E-state index in [0.717, 1.165) is 40.8 Å². The minimum atomic E-state index is 0.459. The number of anilines is 1. The number of hydrogen-bond acceptors (Lipinski definition) is 3. The SMILES string of the molecule is O=Nc1c(NCC23CC4CC(CC(C4)C2)C3)ccc2ccccc12. The van der Waals surface area contributed by atoms with Gasteiger partial charge in [0.1, 0.15) is 5.69 Å². The number of rotatable bonds is 4. The molecule has 0 aliphatic heterocycles. The van der Waals surface area contributed by atoms with Crippen LogP contribution in [-0.2, 0) is 0 Å². The number of nitroso groups, excluding NO2 is 1. The summed E-state index contributed by atoms with van der Waals surface area (Å²) in [4.78, 5) is 11.5. The highest BCUT2D eigenvalue weighted by Gasteiger charge is 2.50. The van der Waals surface area contributed by atoms with Crippen molar-refractivity contribution in [3.8, 4) is 0 Å². The molecule has 0 spiro atoms. The topological polar surface area (TPSA) is 41.5 Å².